The van der Waals surface area contributed by atoms with Gasteiger partial charge in [-0.2, -0.15) is 0 Å². The van der Waals surface area contributed by atoms with Gasteiger partial charge in [-0.25, -0.2) is 0 Å². The van der Waals surface area contributed by atoms with Crippen molar-refractivity contribution in [2.45, 2.75) is 32.6 Å². The third-order valence-corrected chi connectivity index (χ3v) is 7.04. The minimum Gasteiger partial charge on any atom is -0.494 e. The number of rotatable bonds is 8. The van der Waals surface area contributed by atoms with Gasteiger partial charge in [0.15, 0.2) is 0 Å². The maximum absolute atomic E-state index is 11.0. The molecule has 0 radical (unpaired) electrons. The molecule has 4 rings (SSSR count). The minimum absolute atomic E-state index is 0.203. The summed E-state index contributed by atoms with van der Waals surface area (Å²) >= 11 is 12.5. The Morgan fingerprint density at radius 2 is 1.90 bits per heavy atom. The fraction of sp³-hybridized carbons (Fsp3) is 0.400. The molecule has 0 saturated carbocycles. The summed E-state index contributed by atoms with van der Waals surface area (Å²) in [4.78, 5) is 13.2. The predicted octanol–water partition coefficient (Wildman–Crippen LogP) is 5.74. The average Bonchev–Trinajstić information content (AvgIpc) is 2.70. The first-order valence-electron chi connectivity index (χ1n) is 10.7. The van der Waals surface area contributed by atoms with Gasteiger partial charge >= 0.3 is 5.97 Å². The molecule has 0 unspecified atom stereocenters. The first-order valence-corrected chi connectivity index (χ1v) is 11.5. The lowest BCUT2D eigenvalue weighted by atomic mass is 9.85. The number of ether oxygens (including phenoxy) is 1. The van der Waals surface area contributed by atoms with Gasteiger partial charge in [-0.15, -0.1) is 0 Å². The lowest BCUT2D eigenvalue weighted by Crippen LogP contribution is -2.50. The van der Waals surface area contributed by atoms with Crippen molar-refractivity contribution in [2.75, 3.05) is 26.2 Å². The molecule has 2 aliphatic rings. The first kappa shape index (κ1) is 22.2. The Kier molecular flexibility index (Phi) is 6.90. The molecule has 1 heterocycles. The monoisotopic (exact) mass is 459 g/mol. The summed E-state index contributed by atoms with van der Waals surface area (Å²) in [5.41, 5.74) is 6.32. The van der Waals surface area contributed by atoms with Crippen LogP contribution in [-0.4, -0.2) is 42.2 Å². The van der Waals surface area contributed by atoms with Crippen LogP contribution in [0.25, 0.3) is 5.57 Å². The van der Waals surface area contributed by atoms with Crippen LogP contribution in [0.2, 0.25) is 10.0 Å². The summed E-state index contributed by atoms with van der Waals surface area (Å²) in [6, 6.07) is 11.9. The zero-order valence-corrected chi connectivity index (χ0v) is 19.2. The van der Waals surface area contributed by atoms with Crippen LogP contribution in [0.1, 0.15) is 36.5 Å². The standard InChI is InChI=1S/C25H27Cl2NO3/c1-16-18(13-28-14-19(15-28)25(29)30)8-7-17-12-20(9-10-21(16)17)31-11-3-4-22-23(26)5-2-6-24(22)27/h2,5-6,9-10,12,19H,3-4,7-8,11,13-15H2,1H3,(H,29,30). The van der Waals surface area contributed by atoms with Crippen LogP contribution in [0.3, 0.4) is 0 Å². The Labute approximate surface area is 193 Å². The van der Waals surface area contributed by atoms with Gasteiger partial charge in [-0.3, -0.25) is 9.69 Å². The van der Waals surface area contributed by atoms with Crippen LogP contribution in [-0.2, 0) is 17.6 Å². The summed E-state index contributed by atoms with van der Waals surface area (Å²) in [6.45, 7) is 4.98. The van der Waals surface area contributed by atoms with E-state index < -0.39 is 5.97 Å². The number of carbonyl (C=O) groups is 1. The number of nitrogens with zero attached hydrogens (tertiary/aromatic N) is 1. The average molecular weight is 460 g/mol. The van der Waals surface area contributed by atoms with Crippen molar-refractivity contribution in [3.63, 3.8) is 0 Å². The second-order valence-corrected chi connectivity index (χ2v) is 9.24. The topological polar surface area (TPSA) is 49.8 Å². The van der Waals surface area contributed by atoms with Gasteiger partial charge in [0, 0.05) is 29.7 Å². The molecular weight excluding hydrogens is 433 g/mol. The van der Waals surface area contributed by atoms with E-state index in [1.54, 1.807) is 0 Å². The van der Waals surface area contributed by atoms with Crippen molar-refractivity contribution in [3.8, 4) is 5.75 Å². The van der Waals surface area contributed by atoms with Crippen molar-refractivity contribution in [1.82, 2.24) is 4.90 Å². The van der Waals surface area contributed by atoms with E-state index in [1.807, 2.05) is 24.3 Å². The molecule has 1 N–H and O–H groups in total. The molecule has 31 heavy (non-hydrogen) atoms. The van der Waals surface area contributed by atoms with Gasteiger partial charge in [-0.1, -0.05) is 40.9 Å². The van der Waals surface area contributed by atoms with E-state index in [-0.39, 0.29) is 5.92 Å². The molecular formula is C25H27Cl2NO3. The minimum atomic E-state index is -0.682. The van der Waals surface area contributed by atoms with Gasteiger partial charge in [0.25, 0.3) is 0 Å². The predicted molar refractivity (Wildman–Crippen MR) is 125 cm³/mol. The number of halogens is 2. The largest absolute Gasteiger partial charge is 0.494 e. The van der Waals surface area contributed by atoms with Crippen LogP contribution in [0.15, 0.2) is 42.0 Å². The number of hydrogen-bond donors (Lipinski definition) is 1. The molecule has 4 nitrogen and oxygen atoms in total. The highest BCUT2D eigenvalue weighted by molar-refractivity contribution is 6.35. The van der Waals surface area contributed by atoms with E-state index in [0.29, 0.717) is 29.7 Å². The number of aryl methyl sites for hydroxylation is 1. The first-order chi connectivity index (χ1) is 14.9. The normalized spacial score (nSPS) is 16.7. The molecule has 164 valence electrons. The van der Waals surface area contributed by atoms with Crippen molar-refractivity contribution in [2.24, 2.45) is 5.92 Å². The number of carboxylic acids is 1. The number of hydrogen-bond acceptors (Lipinski definition) is 3. The Morgan fingerprint density at radius 1 is 1.16 bits per heavy atom. The molecule has 1 aliphatic carbocycles. The third kappa shape index (κ3) is 5.08. The van der Waals surface area contributed by atoms with Gasteiger partial charge in [0.05, 0.1) is 12.5 Å². The van der Waals surface area contributed by atoms with E-state index in [1.165, 1.54) is 22.3 Å². The number of benzene rings is 2. The number of fused-ring (bicyclic) bond motifs is 1. The zero-order valence-electron chi connectivity index (χ0n) is 17.7. The number of likely N-dealkylation sites (tertiary alicyclic amines) is 1. The lowest BCUT2D eigenvalue weighted by Gasteiger charge is -2.38. The molecule has 6 heteroatoms. The van der Waals surface area contributed by atoms with Gasteiger partial charge in [0.1, 0.15) is 5.75 Å². The SMILES string of the molecule is CC1=C(CN2CC(C(=O)O)C2)CCc2cc(OCCCc3c(Cl)cccc3Cl)ccc21. The van der Waals surface area contributed by atoms with Gasteiger partial charge in [-0.05, 0) is 79.1 Å². The van der Waals surface area contributed by atoms with E-state index >= 15 is 0 Å². The van der Waals surface area contributed by atoms with Gasteiger partial charge in [0.2, 0.25) is 0 Å². The molecule has 0 aromatic heterocycles. The van der Waals surface area contributed by atoms with Crippen LogP contribution >= 0.6 is 23.2 Å². The molecule has 2 aromatic carbocycles. The van der Waals surface area contributed by atoms with Crippen LogP contribution < -0.4 is 4.74 Å². The summed E-state index contributed by atoms with van der Waals surface area (Å²) in [5.74, 6) is 0.0103. The van der Waals surface area contributed by atoms with Crippen molar-refractivity contribution >= 4 is 34.7 Å². The number of aliphatic carboxylic acids is 1. The van der Waals surface area contributed by atoms with Crippen LogP contribution in [0.5, 0.6) is 5.75 Å². The summed E-state index contributed by atoms with van der Waals surface area (Å²) in [7, 11) is 0. The highest BCUT2D eigenvalue weighted by Gasteiger charge is 2.33. The smallest absolute Gasteiger partial charge is 0.309 e. The highest BCUT2D eigenvalue weighted by Crippen LogP contribution is 2.34. The maximum Gasteiger partial charge on any atom is 0.309 e. The van der Waals surface area contributed by atoms with Crippen molar-refractivity contribution < 1.29 is 14.6 Å². The quantitative estimate of drug-likeness (QED) is 0.511. The van der Waals surface area contributed by atoms with Crippen molar-refractivity contribution in [1.29, 1.82) is 0 Å². The Morgan fingerprint density at radius 3 is 2.61 bits per heavy atom. The van der Waals surface area contributed by atoms with E-state index in [4.69, 9.17) is 33.0 Å². The fourth-order valence-electron chi connectivity index (χ4n) is 4.43. The summed E-state index contributed by atoms with van der Waals surface area (Å²) in [6.07, 6.45) is 3.64. The lowest BCUT2D eigenvalue weighted by molar-refractivity contribution is -0.147. The molecule has 1 fully saturated rings. The van der Waals surface area contributed by atoms with Crippen LogP contribution in [0.4, 0.5) is 0 Å². The Hall–Kier alpha value is -2.01. The molecule has 1 aliphatic heterocycles. The van der Waals surface area contributed by atoms with E-state index in [2.05, 4.69) is 24.0 Å². The highest BCUT2D eigenvalue weighted by atomic mass is 35.5. The second kappa shape index (κ2) is 9.64. The maximum atomic E-state index is 11.0. The van der Waals surface area contributed by atoms with E-state index in [9.17, 15) is 4.79 Å². The summed E-state index contributed by atoms with van der Waals surface area (Å²) < 4.78 is 5.99. The number of carboxylic acid groups (broad SMARTS) is 1. The zero-order chi connectivity index (χ0) is 22.0. The number of allylic oxidation sites excluding steroid dienone is 1. The molecule has 0 atom stereocenters. The Balaban J connectivity index is 1.32. The fourth-order valence-corrected chi connectivity index (χ4v) is 5.02. The summed E-state index contributed by atoms with van der Waals surface area (Å²) in [5, 5.41) is 10.5. The van der Waals surface area contributed by atoms with Crippen molar-refractivity contribution in [3.05, 3.63) is 68.7 Å². The second-order valence-electron chi connectivity index (χ2n) is 8.43. The van der Waals surface area contributed by atoms with Gasteiger partial charge < -0.3 is 9.84 Å². The molecule has 2 aromatic rings. The van der Waals surface area contributed by atoms with E-state index in [0.717, 1.165) is 43.5 Å². The Bertz CT molecular complexity index is 992. The third-order valence-electron chi connectivity index (χ3n) is 6.33. The molecule has 1 saturated heterocycles. The molecule has 0 spiro atoms. The molecule has 0 bridgehead atoms. The van der Waals surface area contributed by atoms with Crippen LogP contribution in [0, 0.1) is 5.92 Å². The molecule has 0 amide bonds.